The van der Waals surface area contributed by atoms with Crippen molar-refractivity contribution in [3.63, 3.8) is 0 Å². The molecule has 0 spiro atoms. The van der Waals surface area contributed by atoms with Crippen LogP contribution in [0.3, 0.4) is 0 Å². The molecule has 0 fully saturated rings. The zero-order valence-corrected chi connectivity index (χ0v) is 7.66. The van der Waals surface area contributed by atoms with Crippen molar-refractivity contribution in [2.75, 3.05) is 0 Å². The van der Waals surface area contributed by atoms with E-state index in [1.54, 1.807) is 0 Å². The number of hydrogen-bond donors (Lipinski definition) is 2. The van der Waals surface area contributed by atoms with Crippen molar-refractivity contribution in [2.24, 2.45) is 0 Å². The third kappa shape index (κ3) is 1960. The number of rotatable bonds is 0. The van der Waals surface area contributed by atoms with Crippen LogP contribution >= 0.6 is 24.8 Å². The van der Waals surface area contributed by atoms with Gasteiger partial charge in [0, 0.05) is 13.8 Å². The van der Waals surface area contributed by atoms with E-state index in [0.29, 0.717) is 0 Å². The van der Waals surface area contributed by atoms with E-state index in [1.165, 1.54) is 0 Å². The second-order valence-electron chi connectivity index (χ2n) is 1.04. The molecule has 0 heterocycles. The SMILES string of the molecule is CC(=O)O.CC(=O)O.Cl.Cl.O. The van der Waals surface area contributed by atoms with E-state index < -0.39 is 11.9 Å². The van der Waals surface area contributed by atoms with Gasteiger partial charge >= 0.3 is 0 Å². The summed E-state index contributed by atoms with van der Waals surface area (Å²) in [5.41, 5.74) is 0. The molecule has 0 rings (SSSR count). The average molecular weight is 211 g/mol. The molecule has 0 saturated carbocycles. The lowest BCUT2D eigenvalue weighted by Gasteiger charge is -1.59. The van der Waals surface area contributed by atoms with Crippen molar-refractivity contribution in [1.29, 1.82) is 0 Å². The van der Waals surface area contributed by atoms with Crippen LogP contribution in [-0.4, -0.2) is 27.6 Å². The third-order valence-corrected chi connectivity index (χ3v) is 0. The Labute approximate surface area is 76.5 Å². The molecule has 72 valence electrons. The minimum Gasteiger partial charge on any atom is -0.481 e. The normalized spacial score (nSPS) is 4.55. The van der Waals surface area contributed by atoms with Gasteiger partial charge < -0.3 is 15.7 Å². The summed E-state index contributed by atoms with van der Waals surface area (Å²) in [6, 6.07) is 0. The lowest BCUT2D eigenvalue weighted by Crippen LogP contribution is -1.78. The van der Waals surface area contributed by atoms with Crippen LogP contribution in [0.1, 0.15) is 13.8 Å². The highest BCUT2D eigenvalue weighted by Gasteiger charge is 1.65. The molecular formula is C4H12Cl2O5. The predicted octanol–water partition coefficient (Wildman–Crippen LogP) is 0.201. The Bertz CT molecular complexity index is 74.5. The second kappa shape index (κ2) is 22.7. The van der Waals surface area contributed by atoms with E-state index in [0.717, 1.165) is 13.8 Å². The van der Waals surface area contributed by atoms with Gasteiger partial charge in [0.1, 0.15) is 0 Å². The standard InChI is InChI=1S/2C2H4O2.2ClH.H2O/c2*1-2(3)4;;;/h2*1H3,(H,3,4);2*1H;1H2. The van der Waals surface area contributed by atoms with Gasteiger partial charge in [0.05, 0.1) is 0 Å². The smallest absolute Gasteiger partial charge is 0.300 e. The van der Waals surface area contributed by atoms with Crippen LogP contribution in [0.4, 0.5) is 0 Å². The van der Waals surface area contributed by atoms with Crippen LogP contribution in [0, 0.1) is 0 Å². The van der Waals surface area contributed by atoms with Crippen molar-refractivity contribution in [3.05, 3.63) is 0 Å². The number of carboxylic acids is 2. The molecule has 5 nitrogen and oxygen atoms in total. The number of carbonyl (C=O) groups is 2. The first-order valence-corrected chi connectivity index (χ1v) is 1.86. The summed E-state index contributed by atoms with van der Waals surface area (Å²) < 4.78 is 0. The van der Waals surface area contributed by atoms with Crippen LogP contribution in [0.25, 0.3) is 0 Å². The van der Waals surface area contributed by atoms with Gasteiger partial charge in [0.15, 0.2) is 0 Å². The lowest BCUT2D eigenvalue weighted by atomic mass is 10.9. The molecule has 0 aliphatic heterocycles. The quantitative estimate of drug-likeness (QED) is 0.596. The molecule has 0 saturated heterocycles. The first-order valence-electron chi connectivity index (χ1n) is 1.86. The molecule has 0 aliphatic carbocycles. The molecule has 0 amide bonds. The Kier molecular flexibility index (Phi) is 64.7. The predicted molar refractivity (Wildman–Crippen MR) is 44.7 cm³/mol. The molecule has 4 N–H and O–H groups in total. The number of halogens is 2. The van der Waals surface area contributed by atoms with E-state index >= 15 is 0 Å². The van der Waals surface area contributed by atoms with Gasteiger partial charge in [-0.2, -0.15) is 0 Å². The zero-order valence-electron chi connectivity index (χ0n) is 6.03. The van der Waals surface area contributed by atoms with Gasteiger partial charge in [-0.05, 0) is 0 Å². The fourth-order valence-electron chi connectivity index (χ4n) is 0. The Balaban J connectivity index is -0.0000000171. The molecule has 0 unspecified atom stereocenters. The average Bonchev–Trinajstić information content (AvgIpc) is 1.25. The Hall–Kier alpha value is -0.520. The molecule has 0 aliphatic rings. The Morgan fingerprint density at radius 3 is 0.909 bits per heavy atom. The molecule has 0 bridgehead atoms. The fraction of sp³-hybridized carbons (Fsp3) is 0.500. The summed E-state index contributed by atoms with van der Waals surface area (Å²) in [4.78, 5) is 18.0. The largest absolute Gasteiger partial charge is 0.481 e. The molecule has 11 heavy (non-hydrogen) atoms. The van der Waals surface area contributed by atoms with Crippen LogP contribution in [-0.2, 0) is 9.59 Å². The van der Waals surface area contributed by atoms with Crippen LogP contribution < -0.4 is 0 Å². The third-order valence-electron chi connectivity index (χ3n) is 0. The van der Waals surface area contributed by atoms with Gasteiger partial charge in [-0.3, -0.25) is 9.59 Å². The van der Waals surface area contributed by atoms with Gasteiger partial charge in [-0.1, -0.05) is 0 Å². The molecular weight excluding hydrogens is 199 g/mol. The lowest BCUT2D eigenvalue weighted by molar-refractivity contribution is -0.135. The summed E-state index contributed by atoms with van der Waals surface area (Å²) >= 11 is 0. The Morgan fingerprint density at radius 1 is 0.909 bits per heavy atom. The highest BCUT2D eigenvalue weighted by Crippen LogP contribution is 1.42. The summed E-state index contributed by atoms with van der Waals surface area (Å²) in [6.07, 6.45) is 0. The molecule has 0 aromatic rings. The van der Waals surface area contributed by atoms with Crippen LogP contribution in [0.5, 0.6) is 0 Å². The highest BCUT2D eigenvalue weighted by atomic mass is 35.5. The van der Waals surface area contributed by atoms with Crippen molar-refractivity contribution in [3.8, 4) is 0 Å². The molecule has 0 radical (unpaired) electrons. The molecule has 0 aromatic heterocycles. The van der Waals surface area contributed by atoms with Crippen molar-refractivity contribution >= 4 is 36.8 Å². The Morgan fingerprint density at radius 2 is 0.909 bits per heavy atom. The van der Waals surface area contributed by atoms with Gasteiger partial charge in [-0.15, -0.1) is 24.8 Å². The first-order chi connectivity index (χ1) is 3.46. The van der Waals surface area contributed by atoms with Crippen molar-refractivity contribution in [1.82, 2.24) is 0 Å². The minimum atomic E-state index is -0.833. The summed E-state index contributed by atoms with van der Waals surface area (Å²) in [5, 5.41) is 14.8. The maximum Gasteiger partial charge on any atom is 0.300 e. The number of aliphatic carboxylic acids is 2. The van der Waals surface area contributed by atoms with Crippen molar-refractivity contribution in [2.45, 2.75) is 13.8 Å². The summed E-state index contributed by atoms with van der Waals surface area (Å²) in [5.74, 6) is -1.67. The fourth-order valence-corrected chi connectivity index (χ4v) is 0. The van der Waals surface area contributed by atoms with Gasteiger partial charge in [0.25, 0.3) is 11.9 Å². The van der Waals surface area contributed by atoms with Crippen LogP contribution in [0.2, 0.25) is 0 Å². The van der Waals surface area contributed by atoms with Crippen LogP contribution in [0.15, 0.2) is 0 Å². The van der Waals surface area contributed by atoms with Gasteiger partial charge in [0.2, 0.25) is 0 Å². The molecule has 0 atom stereocenters. The van der Waals surface area contributed by atoms with Gasteiger partial charge in [-0.25, -0.2) is 0 Å². The first kappa shape index (κ1) is 31.4. The zero-order chi connectivity index (χ0) is 7.15. The maximum atomic E-state index is 9.00. The van der Waals surface area contributed by atoms with E-state index in [9.17, 15) is 0 Å². The van der Waals surface area contributed by atoms with E-state index in [-0.39, 0.29) is 30.3 Å². The minimum absolute atomic E-state index is 0. The maximum absolute atomic E-state index is 9.00. The van der Waals surface area contributed by atoms with Crippen molar-refractivity contribution < 1.29 is 25.3 Å². The summed E-state index contributed by atoms with van der Waals surface area (Å²) in [6.45, 7) is 2.17. The molecule has 7 heteroatoms. The second-order valence-corrected chi connectivity index (χ2v) is 1.04. The number of carboxylic acid groups (broad SMARTS) is 2. The van der Waals surface area contributed by atoms with E-state index in [4.69, 9.17) is 19.8 Å². The van der Waals surface area contributed by atoms with E-state index in [2.05, 4.69) is 0 Å². The monoisotopic (exact) mass is 210 g/mol. The highest BCUT2D eigenvalue weighted by molar-refractivity contribution is 5.85. The topological polar surface area (TPSA) is 106 Å². The molecule has 0 aromatic carbocycles. The summed E-state index contributed by atoms with van der Waals surface area (Å²) in [7, 11) is 0. The van der Waals surface area contributed by atoms with E-state index in [1.807, 2.05) is 0 Å². The number of hydrogen-bond acceptors (Lipinski definition) is 2.